The van der Waals surface area contributed by atoms with Crippen LogP contribution in [0.25, 0.3) is 50.0 Å². The molecule has 0 saturated carbocycles. The van der Waals surface area contributed by atoms with Crippen LogP contribution in [0.2, 0.25) is 0 Å². The Kier molecular flexibility index (Phi) is 6.51. The molecule has 0 unspecified atom stereocenters. The fourth-order valence-electron chi connectivity index (χ4n) is 5.15. The van der Waals surface area contributed by atoms with Crippen LogP contribution < -0.4 is 0 Å². The van der Waals surface area contributed by atoms with Crippen molar-refractivity contribution < 1.29 is 33.3 Å². The Hall–Kier alpha value is -3.34. The van der Waals surface area contributed by atoms with E-state index in [1.165, 1.54) is 17.2 Å². The number of rotatable bonds is 4. The molecule has 2 heterocycles. The molecule has 0 spiro atoms. The van der Waals surface area contributed by atoms with Crippen LogP contribution in [-0.4, -0.2) is 9.55 Å². The Morgan fingerprint density at radius 3 is 2.30 bits per heavy atom. The van der Waals surface area contributed by atoms with Gasteiger partial charge in [-0.1, -0.05) is 69.0 Å². The van der Waals surface area contributed by atoms with Gasteiger partial charge in [-0.25, -0.2) is 8.78 Å². The molecule has 4 aromatic carbocycles. The van der Waals surface area contributed by atoms with Gasteiger partial charge in [0.2, 0.25) is 0 Å². The van der Waals surface area contributed by atoms with E-state index in [1.807, 2.05) is 18.2 Å². The summed E-state index contributed by atoms with van der Waals surface area (Å²) in [5.41, 5.74) is 6.49. The van der Waals surface area contributed by atoms with Crippen LogP contribution in [0.3, 0.4) is 0 Å². The van der Waals surface area contributed by atoms with Crippen LogP contribution >= 0.6 is 0 Å². The average molecular weight is 672 g/mol. The molecule has 6 heteroatoms. The van der Waals surface area contributed by atoms with Crippen LogP contribution in [0.4, 0.5) is 8.78 Å². The van der Waals surface area contributed by atoms with Gasteiger partial charge in [0.1, 0.15) is 17.2 Å². The summed E-state index contributed by atoms with van der Waals surface area (Å²) in [6.45, 7) is 8.74. The predicted octanol–water partition coefficient (Wildman–Crippen LogP) is 8.91. The first kappa shape index (κ1) is 25.3. The Labute approximate surface area is 227 Å². The van der Waals surface area contributed by atoms with Gasteiger partial charge in [-0.3, -0.25) is 4.98 Å². The van der Waals surface area contributed by atoms with E-state index >= 15 is 0 Å². The first-order chi connectivity index (χ1) is 17.3. The van der Waals surface area contributed by atoms with Crippen molar-refractivity contribution in [2.75, 3.05) is 0 Å². The maximum atomic E-state index is 14.8. The second-order valence-corrected chi connectivity index (χ2v) is 9.81. The molecular weight excluding hydrogens is 647 g/mol. The first-order valence-corrected chi connectivity index (χ1v) is 12.2. The summed E-state index contributed by atoms with van der Waals surface area (Å²) in [7, 11) is 0. The van der Waals surface area contributed by atoms with Crippen molar-refractivity contribution in [2.45, 2.75) is 39.5 Å². The minimum Gasteiger partial charge on any atom is -0.500 e. The van der Waals surface area contributed by atoms with E-state index in [0.717, 1.165) is 22.8 Å². The van der Waals surface area contributed by atoms with Crippen LogP contribution in [0.15, 0.2) is 71.1 Å². The first-order valence-electron chi connectivity index (χ1n) is 12.2. The van der Waals surface area contributed by atoms with E-state index in [-0.39, 0.29) is 42.9 Å². The van der Waals surface area contributed by atoms with Crippen LogP contribution in [0.5, 0.6) is 0 Å². The number of para-hydroxylation sites is 3. The fraction of sp³-hybridized carbons (Fsp3) is 0.194. The number of furan rings is 1. The minimum atomic E-state index is -0.677. The van der Waals surface area contributed by atoms with Crippen molar-refractivity contribution in [2.24, 2.45) is 0 Å². The summed E-state index contributed by atoms with van der Waals surface area (Å²) < 4.78 is 37.1. The van der Waals surface area contributed by atoms with Crippen molar-refractivity contribution in [3.8, 4) is 17.1 Å². The second-order valence-electron chi connectivity index (χ2n) is 9.81. The van der Waals surface area contributed by atoms with E-state index in [2.05, 4.69) is 62.6 Å². The molecule has 6 rings (SSSR count). The van der Waals surface area contributed by atoms with Gasteiger partial charge in [-0.2, -0.15) is 0 Å². The van der Waals surface area contributed by atoms with E-state index in [4.69, 9.17) is 9.40 Å². The SMILES string of the molecule is CC(C)c1cccc(C(C)C)c1-n1c(-c2[c-]ccc3c2oc2cc(F)cc(F)c23)nc2ccccc21.[Ir]. The molecule has 2 aromatic heterocycles. The smallest absolute Gasteiger partial charge is 0.136 e. The van der Waals surface area contributed by atoms with Crippen LogP contribution in [0, 0.1) is 17.7 Å². The summed E-state index contributed by atoms with van der Waals surface area (Å²) in [4.78, 5) is 5.02. The summed E-state index contributed by atoms with van der Waals surface area (Å²) in [6.07, 6.45) is 0. The third-order valence-electron chi connectivity index (χ3n) is 6.80. The maximum Gasteiger partial charge on any atom is 0.136 e. The molecule has 189 valence electrons. The number of aromatic nitrogens is 2. The number of fused-ring (bicyclic) bond motifs is 4. The number of nitrogens with zero attached hydrogens (tertiary/aromatic N) is 2. The second kappa shape index (κ2) is 9.51. The monoisotopic (exact) mass is 672 g/mol. The molecule has 6 aromatic rings. The van der Waals surface area contributed by atoms with Crippen molar-refractivity contribution >= 4 is 33.0 Å². The Morgan fingerprint density at radius 2 is 1.59 bits per heavy atom. The topological polar surface area (TPSA) is 31.0 Å². The van der Waals surface area contributed by atoms with E-state index in [1.54, 1.807) is 12.1 Å². The van der Waals surface area contributed by atoms with Crippen molar-refractivity contribution in [3.63, 3.8) is 0 Å². The molecule has 0 amide bonds. The largest absolute Gasteiger partial charge is 0.500 e. The van der Waals surface area contributed by atoms with Gasteiger partial charge >= 0.3 is 0 Å². The molecule has 0 fully saturated rings. The Balaban J connectivity index is 0.00000280. The quantitative estimate of drug-likeness (QED) is 0.175. The summed E-state index contributed by atoms with van der Waals surface area (Å²) in [5, 5.41) is 0.825. The standard InChI is InChI=1S/C31H25F2N2O.Ir/c1-17(2)20-9-7-10-21(18(3)4)29(20)35-26-14-6-5-13-25(26)34-31(35)23-12-8-11-22-28-24(33)15-19(32)16-27(28)36-30(22)23;/h5-11,13-18H,1-4H3;/q-1;. The van der Waals surface area contributed by atoms with Crippen molar-refractivity contribution in [1.82, 2.24) is 9.55 Å². The molecule has 1 radical (unpaired) electrons. The predicted molar refractivity (Wildman–Crippen MR) is 141 cm³/mol. The number of benzene rings is 4. The molecule has 0 atom stereocenters. The van der Waals surface area contributed by atoms with Gasteiger partial charge in [0.25, 0.3) is 0 Å². The third-order valence-corrected chi connectivity index (χ3v) is 6.80. The van der Waals surface area contributed by atoms with Gasteiger partial charge in [0, 0.05) is 43.3 Å². The van der Waals surface area contributed by atoms with Gasteiger partial charge in [-0.15, -0.1) is 18.2 Å². The molecule has 0 saturated heterocycles. The van der Waals surface area contributed by atoms with Gasteiger partial charge in [0.05, 0.1) is 22.4 Å². The number of hydrogen-bond acceptors (Lipinski definition) is 2. The third kappa shape index (κ3) is 4.00. The Bertz CT molecular complexity index is 1760. The zero-order valence-corrected chi connectivity index (χ0v) is 23.3. The molecule has 0 bridgehead atoms. The van der Waals surface area contributed by atoms with E-state index < -0.39 is 11.6 Å². The van der Waals surface area contributed by atoms with Crippen LogP contribution in [-0.2, 0) is 20.1 Å². The minimum absolute atomic E-state index is 0. The fourth-order valence-corrected chi connectivity index (χ4v) is 5.15. The van der Waals surface area contributed by atoms with Crippen LogP contribution in [0.1, 0.15) is 50.7 Å². The normalized spacial score (nSPS) is 11.8. The number of halogens is 2. The average Bonchev–Trinajstić information content (AvgIpc) is 3.41. The van der Waals surface area contributed by atoms with Crippen molar-refractivity contribution in [3.05, 3.63) is 95.6 Å². The van der Waals surface area contributed by atoms with Gasteiger partial charge in [0.15, 0.2) is 0 Å². The molecule has 3 nitrogen and oxygen atoms in total. The Morgan fingerprint density at radius 1 is 0.892 bits per heavy atom. The van der Waals surface area contributed by atoms with Crippen molar-refractivity contribution in [1.29, 1.82) is 0 Å². The summed E-state index contributed by atoms with van der Waals surface area (Å²) >= 11 is 0. The van der Waals surface area contributed by atoms with E-state index in [9.17, 15) is 8.78 Å². The zero-order valence-electron chi connectivity index (χ0n) is 20.9. The summed E-state index contributed by atoms with van der Waals surface area (Å²) in [5.74, 6) is -0.130. The molecule has 0 N–H and O–H groups in total. The molecule has 0 aliphatic rings. The zero-order chi connectivity index (χ0) is 25.1. The summed E-state index contributed by atoms with van der Waals surface area (Å²) in [6, 6.07) is 23.3. The molecular formula is C31H25F2IrN2O-. The maximum absolute atomic E-state index is 14.8. The number of hydrogen-bond donors (Lipinski definition) is 0. The van der Waals surface area contributed by atoms with Gasteiger partial charge < -0.3 is 8.98 Å². The molecule has 0 aliphatic carbocycles. The number of imidazole rings is 1. The molecule has 37 heavy (non-hydrogen) atoms. The molecule has 0 aliphatic heterocycles. The van der Waals surface area contributed by atoms with Gasteiger partial charge in [-0.05, 0) is 35.1 Å². The van der Waals surface area contributed by atoms with E-state index in [0.29, 0.717) is 22.4 Å².